The monoisotopic (exact) mass is 265 g/mol. The summed E-state index contributed by atoms with van der Waals surface area (Å²) in [6.45, 7) is 7.14. The van der Waals surface area contributed by atoms with E-state index in [0.717, 1.165) is 12.2 Å². The Morgan fingerprint density at radius 1 is 1.47 bits per heavy atom. The summed E-state index contributed by atoms with van der Waals surface area (Å²) in [6.07, 6.45) is 4.34. The first-order valence-corrected chi connectivity index (χ1v) is 6.96. The number of hydrogen-bond acceptors (Lipinski definition) is 4. The Labute approximate surface area is 113 Å². The van der Waals surface area contributed by atoms with Crippen LogP contribution in [0, 0.1) is 5.92 Å². The molecular formula is C13H23N5O. The highest BCUT2D eigenvalue weighted by Crippen LogP contribution is 2.18. The smallest absolute Gasteiger partial charge is 0.242 e. The first-order chi connectivity index (χ1) is 9.04. The molecule has 19 heavy (non-hydrogen) atoms. The van der Waals surface area contributed by atoms with Crippen molar-refractivity contribution in [1.82, 2.24) is 25.6 Å². The van der Waals surface area contributed by atoms with Gasteiger partial charge in [-0.1, -0.05) is 19.1 Å². The molecule has 0 radical (unpaired) electrons. The summed E-state index contributed by atoms with van der Waals surface area (Å²) >= 11 is 0. The highest BCUT2D eigenvalue weighted by molar-refractivity contribution is 5.75. The zero-order valence-corrected chi connectivity index (χ0v) is 11.9. The quantitative estimate of drug-likeness (QED) is 0.761. The first-order valence-electron chi connectivity index (χ1n) is 6.96. The molecule has 0 bridgehead atoms. The number of aromatic nitrogens is 3. The van der Waals surface area contributed by atoms with Crippen molar-refractivity contribution in [2.45, 2.75) is 58.8 Å². The fourth-order valence-electron chi connectivity index (χ4n) is 1.65. The molecule has 0 aliphatic heterocycles. The summed E-state index contributed by atoms with van der Waals surface area (Å²) in [6, 6.07) is 0.826. The Morgan fingerprint density at radius 3 is 2.84 bits per heavy atom. The third-order valence-electron chi connectivity index (χ3n) is 3.43. The molecule has 2 rings (SSSR count). The number of hydrogen-bond donors (Lipinski definition) is 2. The van der Waals surface area contributed by atoms with Crippen molar-refractivity contribution in [3.05, 3.63) is 11.9 Å². The maximum absolute atomic E-state index is 11.8. The largest absolute Gasteiger partial charge is 0.352 e. The Bertz CT molecular complexity index is 424. The summed E-state index contributed by atoms with van der Waals surface area (Å²) < 4.78 is 1.59. The Hall–Kier alpha value is -1.43. The van der Waals surface area contributed by atoms with Gasteiger partial charge >= 0.3 is 0 Å². The molecule has 1 aromatic rings. The van der Waals surface area contributed by atoms with E-state index in [1.165, 1.54) is 12.8 Å². The molecule has 0 spiro atoms. The van der Waals surface area contributed by atoms with E-state index >= 15 is 0 Å². The van der Waals surface area contributed by atoms with Gasteiger partial charge in [0.05, 0.1) is 11.9 Å². The van der Waals surface area contributed by atoms with Gasteiger partial charge in [-0.05, 0) is 25.7 Å². The summed E-state index contributed by atoms with van der Waals surface area (Å²) in [4.78, 5) is 11.8. The number of nitrogens with zero attached hydrogens (tertiary/aromatic N) is 3. The molecule has 1 saturated carbocycles. The summed E-state index contributed by atoms with van der Waals surface area (Å²) in [5.41, 5.74) is 0.886. The van der Waals surface area contributed by atoms with Crippen LogP contribution in [-0.4, -0.2) is 33.0 Å². The molecule has 1 aliphatic carbocycles. The third-order valence-corrected chi connectivity index (χ3v) is 3.43. The fourth-order valence-corrected chi connectivity index (χ4v) is 1.65. The average molecular weight is 265 g/mol. The van der Waals surface area contributed by atoms with Gasteiger partial charge < -0.3 is 10.6 Å². The standard InChI is InChI=1S/C13H23N5O/c1-9(2)10(3)15-13(19)8-18-7-12(16-17-18)6-14-11-4-5-11/h7,9-11,14H,4-6,8H2,1-3H3,(H,15,19). The highest BCUT2D eigenvalue weighted by atomic mass is 16.2. The van der Waals surface area contributed by atoms with Crippen molar-refractivity contribution in [2.75, 3.05) is 0 Å². The fraction of sp³-hybridized carbons (Fsp3) is 0.769. The Morgan fingerprint density at radius 2 is 2.21 bits per heavy atom. The van der Waals surface area contributed by atoms with Gasteiger partial charge in [-0.3, -0.25) is 4.79 Å². The third kappa shape index (κ3) is 4.63. The predicted molar refractivity (Wildman–Crippen MR) is 72.3 cm³/mol. The topological polar surface area (TPSA) is 71.8 Å². The number of carbonyl (C=O) groups is 1. The molecule has 1 aliphatic rings. The van der Waals surface area contributed by atoms with Crippen molar-refractivity contribution in [1.29, 1.82) is 0 Å². The van der Waals surface area contributed by atoms with Crippen LogP contribution in [0.15, 0.2) is 6.20 Å². The van der Waals surface area contributed by atoms with Crippen LogP contribution in [-0.2, 0) is 17.9 Å². The van der Waals surface area contributed by atoms with Crippen LogP contribution in [0.3, 0.4) is 0 Å². The lowest BCUT2D eigenvalue weighted by Crippen LogP contribution is -2.38. The van der Waals surface area contributed by atoms with Crippen molar-refractivity contribution >= 4 is 5.91 Å². The number of rotatable bonds is 7. The van der Waals surface area contributed by atoms with Crippen molar-refractivity contribution < 1.29 is 4.79 Å². The van der Waals surface area contributed by atoms with Gasteiger partial charge in [0.2, 0.25) is 5.91 Å². The molecule has 1 amide bonds. The number of amides is 1. The zero-order chi connectivity index (χ0) is 13.8. The van der Waals surface area contributed by atoms with E-state index in [4.69, 9.17) is 0 Å². The van der Waals surface area contributed by atoms with E-state index in [2.05, 4.69) is 34.8 Å². The van der Waals surface area contributed by atoms with Crippen LogP contribution < -0.4 is 10.6 Å². The average Bonchev–Trinajstić information content (AvgIpc) is 3.07. The lowest BCUT2D eigenvalue weighted by molar-refractivity contribution is -0.122. The normalized spacial score (nSPS) is 16.6. The van der Waals surface area contributed by atoms with Gasteiger partial charge in [0.1, 0.15) is 6.54 Å². The van der Waals surface area contributed by atoms with E-state index < -0.39 is 0 Å². The maximum atomic E-state index is 11.8. The van der Waals surface area contributed by atoms with Crippen LogP contribution in [0.1, 0.15) is 39.3 Å². The molecule has 1 atom stereocenters. The Balaban J connectivity index is 1.76. The van der Waals surface area contributed by atoms with E-state index in [-0.39, 0.29) is 18.5 Å². The van der Waals surface area contributed by atoms with Crippen LogP contribution in [0.4, 0.5) is 0 Å². The highest BCUT2D eigenvalue weighted by Gasteiger charge is 2.20. The molecule has 106 valence electrons. The molecule has 1 unspecified atom stereocenters. The maximum Gasteiger partial charge on any atom is 0.242 e. The van der Waals surface area contributed by atoms with Crippen molar-refractivity contribution in [3.8, 4) is 0 Å². The SMILES string of the molecule is CC(C)C(C)NC(=O)Cn1cc(CNC2CC2)nn1. The summed E-state index contributed by atoms with van der Waals surface area (Å²) in [5.74, 6) is 0.408. The molecule has 1 aromatic heterocycles. The second kappa shape index (κ2) is 6.14. The van der Waals surface area contributed by atoms with Crippen LogP contribution in [0.2, 0.25) is 0 Å². The lowest BCUT2D eigenvalue weighted by Gasteiger charge is -2.17. The predicted octanol–water partition coefficient (Wildman–Crippen LogP) is 0.691. The van der Waals surface area contributed by atoms with Gasteiger partial charge in [-0.2, -0.15) is 0 Å². The molecule has 1 heterocycles. The molecule has 1 fully saturated rings. The molecule has 6 nitrogen and oxygen atoms in total. The van der Waals surface area contributed by atoms with Gasteiger partial charge in [0.15, 0.2) is 0 Å². The van der Waals surface area contributed by atoms with Gasteiger partial charge in [-0.15, -0.1) is 5.10 Å². The molecule has 0 saturated heterocycles. The lowest BCUT2D eigenvalue weighted by atomic mass is 10.1. The second-order valence-electron chi connectivity index (χ2n) is 5.66. The Kier molecular flexibility index (Phi) is 4.52. The minimum absolute atomic E-state index is 0.0206. The van der Waals surface area contributed by atoms with E-state index in [1.54, 1.807) is 4.68 Å². The zero-order valence-electron chi connectivity index (χ0n) is 11.9. The summed E-state index contributed by atoms with van der Waals surface area (Å²) in [5, 5.41) is 14.4. The van der Waals surface area contributed by atoms with Crippen LogP contribution >= 0.6 is 0 Å². The van der Waals surface area contributed by atoms with Crippen molar-refractivity contribution in [3.63, 3.8) is 0 Å². The minimum atomic E-state index is -0.0206. The van der Waals surface area contributed by atoms with Crippen LogP contribution in [0.25, 0.3) is 0 Å². The molecule has 0 aromatic carbocycles. The van der Waals surface area contributed by atoms with E-state index in [9.17, 15) is 4.79 Å². The second-order valence-corrected chi connectivity index (χ2v) is 5.66. The van der Waals surface area contributed by atoms with E-state index in [1.807, 2.05) is 13.1 Å². The van der Waals surface area contributed by atoms with Gasteiger partial charge in [-0.25, -0.2) is 4.68 Å². The first kappa shape index (κ1) is 14.0. The number of nitrogens with one attached hydrogen (secondary N) is 2. The van der Waals surface area contributed by atoms with E-state index in [0.29, 0.717) is 12.0 Å². The molecule has 6 heteroatoms. The molecule has 2 N–H and O–H groups in total. The molecular weight excluding hydrogens is 242 g/mol. The van der Waals surface area contributed by atoms with Gasteiger partial charge in [0, 0.05) is 18.6 Å². The number of carbonyl (C=O) groups excluding carboxylic acids is 1. The summed E-state index contributed by atoms with van der Waals surface area (Å²) in [7, 11) is 0. The van der Waals surface area contributed by atoms with Crippen molar-refractivity contribution in [2.24, 2.45) is 5.92 Å². The van der Waals surface area contributed by atoms with Gasteiger partial charge in [0.25, 0.3) is 0 Å². The minimum Gasteiger partial charge on any atom is -0.352 e. The van der Waals surface area contributed by atoms with Crippen LogP contribution in [0.5, 0.6) is 0 Å².